The first-order valence-corrected chi connectivity index (χ1v) is 7.57. The Kier molecular flexibility index (Phi) is 3.12. The number of carboxylic acid groups (broad SMARTS) is 1. The number of carbonyl (C=O) groups is 1. The van der Waals surface area contributed by atoms with Crippen LogP contribution >= 0.6 is 0 Å². The molecule has 25 heavy (non-hydrogen) atoms. The Morgan fingerprint density at radius 2 is 1.92 bits per heavy atom. The van der Waals surface area contributed by atoms with Gasteiger partial charge in [-0.1, -0.05) is 12.1 Å². The van der Waals surface area contributed by atoms with Gasteiger partial charge in [0.15, 0.2) is 0 Å². The molecule has 1 heterocycles. The Balaban J connectivity index is 2.00. The zero-order valence-corrected chi connectivity index (χ0v) is 12.7. The molecular formula is C18H12F3NO3. The standard InChI is InChI=1S/C18H12F3NO3/c19-18(20,21)13-3-1-2-9-10-5-4-8-6-12(17(24)25)14(23)7-11(8)15(10)22-16(9)13/h1-3,6-7,22-23H,4-5H2,(H,24,25). The summed E-state index contributed by atoms with van der Waals surface area (Å²) in [6.07, 6.45) is -3.50. The second-order valence-electron chi connectivity index (χ2n) is 6.04. The Bertz CT molecular complexity index is 1030. The van der Waals surface area contributed by atoms with Gasteiger partial charge in [0.1, 0.15) is 11.3 Å². The van der Waals surface area contributed by atoms with Crippen molar-refractivity contribution >= 4 is 16.9 Å². The molecule has 0 fully saturated rings. The molecule has 4 rings (SSSR count). The minimum Gasteiger partial charge on any atom is -0.507 e. The Morgan fingerprint density at radius 3 is 2.60 bits per heavy atom. The summed E-state index contributed by atoms with van der Waals surface area (Å²) in [5.41, 5.74) is 1.52. The van der Waals surface area contributed by atoms with E-state index in [-0.39, 0.29) is 11.1 Å². The number of rotatable bonds is 1. The van der Waals surface area contributed by atoms with Gasteiger partial charge in [0.05, 0.1) is 16.8 Å². The van der Waals surface area contributed by atoms with E-state index >= 15 is 0 Å². The lowest BCUT2D eigenvalue weighted by atomic mass is 9.87. The predicted octanol–water partition coefficient (Wildman–Crippen LogP) is 4.36. The Morgan fingerprint density at radius 1 is 1.16 bits per heavy atom. The van der Waals surface area contributed by atoms with Crippen LogP contribution in [0.4, 0.5) is 13.2 Å². The quantitative estimate of drug-likeness (QED) is 0.612. The first kappa shape index (κ1) is 15.6. The number of aromatic amines is 1. The number of aromatic nitrogens is 1. The van der Waals surface area contributed by atoms with E-state index in [0.29, 0.717) is 35.0 Å². The van der Waals surface area contributed by atoms with E-state index in [1.54, 1.807) is 6.07 Å². The minimum absolute atomic E-state index is 0.00894. The maximum atomic E-state index is 13.3. The highest BCUT2D eigenvalue weighted by atomic mass is 19.4. The molecule has 3 aromatic rings. The van der Waals surface area contributed by atoms with Gasteiger partial charge in [0.2, 0.25) is 0 Å². The van der Waals surface area contributed by atoms with Gasteiger partial charge in [-0.15, -0.1) is 0 Å². The lowest BCUT2D eigenvalue weighted by molar-refractivity contribution is -0.136. The number of aromatic hydroxyl groups is 1. The smallest absolute Gasteiger partial charge is 0.418 e. The minimum atomic E-state index is -4.48. The molecular weight excluding hydrogens is 335 g/mol. The lowest BCUT2D eigenvalue weighted by Gasteiger charge is -2.18. The van der Waals surface area contributed by atoms with Crippen molar-refractivity contribution in [1.29, 1.82) is 0 Å². The van der Waals surface area contributed by atoms with Gasteiger partial charge in [-0.05, 0) is 42.2 Å². The lowest BCUT2D eigenvalue weighted by Crippen LogP contribution is -2.06. The summed E-state index contributed by atoms with van der Waals surface area (Å²) in [4.78, 5) is 14.0. The number of fused-ring (bicyclic) bond motifs is 5. The van der Waals surface area contributed by atoms with Crippen LogP contribution in [0.25, 0.3) is 22.2 Å². The number of hydrogen-bond donors (Lipinski definition) is 3. The fraction of sp³-hybridized carbons (Fsp3) is 0.167. The van der Waals surface area contributed by atoms with Gasteiger partial charge in [0.25, 0.3) is 0 Å². The number of H-pyrrole nitrogens is 1. The van der Waals surface area contributed by atoms with E-state index in [1.807, 2.05) is 0 Å². The maximum Gasteiger partial charge on any atom is 0.418 e. The molecule has 0 unspecified atom stereocenters. The third-order valence-corrected chi connectivity index (χ3v) is 4.61. The number of para-hydroxylation sites is 1. The van der Waals surface area contributed by atoms with Crippen LogP contribution < -0.4 is 0 Å². The summed E-state index contributed by atoms with van der Waals surface area (Å²) in [6, 6.07) is 6.72. The van der Waals surface area contributed by atoms with Crippen LogP contribution in [-0.4, -0.2) is 21.2 Å². The van der Waals surface area contributed by atoms with E-state index in [1.165, 1.54) is 18.2 Å². The molecule has 0 amide bonds. The van der Waals surface area contributed by atoms with Crippen LogP contribution in [0.1, 0.15) is 27.0 Å². The number of phenols is 1. The topological polar surface area (TPSA) is 73.3 Å². The van der Waals surface area contributed by atoms with Crippen molar-refractivity contribution in [3.8, 4) is 17.0 Å². The summed E-state index contributed by atoms with van der Waals surface area (Å²) < 4.78 is 39.8. The molecule has 2 aromatic carbocycles. The van der Waals surface area contributed by atoms with E-state index in [4.69, 9.17) is 5.11 Å². The summed E-state index contributed by atoms with van der Waals surface area (Å²) in [5.74, 6) is -1.66. The maximum absolute atomic E-state index is 13.3. The molecule has 4 nitrogen and oxygen atoms in total. The van der Waals surface area contributed by atoms with Crippen LogP contribution in [0.5, 0.6) is 5.75 Å². The van der Waals surface area contributed by atoms with Crippen LogP contribution in [0.15, 0.2) is 30.3 Å². The molecule has 0 aliphatic heterocycles. The zero-order chi connectivity index (χ0) is 17.9. The van der Waals surface area contributed by atoms with E-state index in [0.717, 1.165) is 11.6 Å². The fourth-order valence-electron chi connectivity index (χ4n) is 3.50. The monoisotopic (exact) mass is 347 g/mol. The molecule has 0 atom stereocenters. The highest BCUT2D eigenvalue weighted by molar-refractivity contribution is 5.97. The van der Waals surface area contributed by atoms with Gasteiger partial charge in [0, 0.05) is 10.9 Å². The molecule has 3 N–H and O–H groups in total. The molecule has 1 aliphatic carbocycles. The van der Waals surface area contributed by atoms with Crippen molar-refractivity contribution in [2.75, 3.05) is 0 Å². The predicted molar refractivity (Wildman–Crippen MR) is 84.8 cm³/mol. The van der Waals surface area contributed by atoms with Crippen molar-refractivity contribution in [2.45, 2.75) is 19.0 Å². The molecule has 0 saturated heterocycles. The number of aromatic carboxylic acids is 1. The summed E-state index contributed by atoms with van der Waals surface area (Å²) in [6.45, 7) is 0. The first-order valence-electron chi connectivity index (χ1n) is 7.57. The van der Waals surface area contributed by atoms with Gasteiger partial charge in [-0.3, -0.25) is 0 Å². The van der Waals surface area contributed by atoms with Gasteiger partial charge < -0.3 is 15.2 Å². The largest absolute Gasteiger partial charge is 0.507 e. The number of benzene rings is 2. The van der Waals surface area contributed by atoms with Crippen LogP contribution in [0.3, 0.4) is 0 Å². The van der Waals surface area contributed by atoms with Crippen molar-refractivity contribution < 1.29 is 28.2 Å². The van der Waals surface area contributed by atoms with E-state index in [9.17, 15) is 23.1 Å². The van der Waals surface area contributed by atoms with Gasteiger partial charge in [-0.25, -0.2) is 4.79 Å². The fourth-order valence-corrected chi connectivity index (χ4v) is 3.50. The summed E-state index contributed by atoms with van der Waals surface area (Å²) in [7, 11) is 0. The number of nitrogens with one attached hydrogen (secondary N) is 1. The number of halogens is 3. The molecule has 0 saturated carbocycles. The Hall–Kier alpha value is -2.96. The van der Waals surface area contributed by atoms with Crippen molar-refractivity contribution in [2.24, 2.45) is 0 Å². The second kappa shape index (κ2) is 5.02. The number of alkyl halides is 3. The molecule has 0 bridgehead atoms. The SMILES string of the molecule is O=C(O)c1cc2c(cc1O)-c1[nH]c3c(C(F)(F)F)cccc3c1CC2. The third kappa shape index (κ3) is 2.26. The average molecular weight is 347 g/mol. The summed E-state index contributed by atoms with van der Waals surface area (Å²) >= 11 is 0. The third-order valence-electron chi connectivity index (χ3n) is 4.61. The van der Waals surface area contributed by atoms with Crippen LogP contribution in [0, 0.1) is 0 Å². The highest BCUT2D eigenvalue weighted by Crippen LogP contribution is 2.43. The summed E-state index contributed by atoms with van der Waals surface area (Å²) in [5, 5.41) is 19.6. The molecule has 7 heteroatoms. The number of hydrogen-bond acceptors (Lipinski definition) is 2. The number of aryl methyl sites for hydroxylation is 2. The zero-order valence-electron chi connectivity index (χ0n) is 12.7. The molecule has 1 aliphatic rings. The molecule has 128 valence electrons. The van der Waals surface area contributed by atoms with E-state index in [2.05, 4.69) is 4.98 Å². The highest BCUT2D eigenvalue weighted by Gasteiger charge is 2.34. The molecule has 0 spiro atoms. The van der Waals surface area contributed by atoms with Crippen molar-refractivity contribution in [3.63, 3.8) is 0 Å². The van der Waals surface area contributed by atoms with Gasteiger partial charge >= 0.3 is 12.1 Å². The van der Waals surface area contributed by atoms with Gasteiger partial charge in [-0.2, -0.15) is 13.2 Å². The van der Waals surface area contributed by atoms with Crippen molar-refractivity contribution in [1.82, 2.24) is 4.98 Å². The molecule has 0 radical (unpaired) electrons. The number of carboxylic acids is 1. The first-order chi connectivity index (χ1) is 11.8. The van der Waals surface area contributed by atoms with Crippen LogP contribution in [0.2, 0.25) is 0 Å². The second-order valence-corrected chi connectivity index (χ2v) is 6.04. The molecule has 1 aromatic heterocycles. The van der Waals surface area contributed by atoms with Crippen molar-refractivity contribution in [3.05, 3.63) is 52.6 Å². The van der Waals surface area contributed by atoms with E-state index < -0.39 is 23.5 Å². The van der Waals surface area contributed by atoms with Crippen LogP contribution in [-0.2, 0) is 19.0 Å². The Labute approximate surface area is 139 Å². The normalized spacial score (nSPS) is 13.6. The average Bonchev–Trinajstić information content (AvgIpc) is 2.92.